The van der Waals surface area contributed by atoms with Gasteiger partial charge in [0.1, 0.15) is 0 Å². The first kappa shape index (κ1) is 10.8. The first-order chi connectivity index (χ1) is 7.83. The number of nitrogens with zero attached hydrogens (tertiary/aromatic N) is 3. The summed E-state index contributed by atoms with van der Waals surface area (Å²) in [6, 6.07) is 2.14. The van der Waals surface area contributed by atoms with Gasteiger partial charge in [-0.25, -0.2) is 0 Å². The van der Waals surface area contributed by atoms with Crippen molar-refractivity contribution < 1.29 is 0 Å². The van der Waals surface area contributed by atoms with Crippen LogP contribution in [0.2, 0.25) is 0 Å². The molecule has 2 aromatic heterocycles. The first-order valence-electron chi connectivity index (χ1n) is 5.45. The molecule has 0 saturated heterocycles. The summed E-state index contributed by atoms with van der Waals surface area (Å²) in [5, 5.41) is 7.38. The van der Waals surface area contributed by atoms with Crippen LogP contribution in [0.15, 0.2) is 30.9 Å². The summed E-state index contributed by atoms with van der Waals surface area (Å²) in [6.45, 7) is 3.80. The van der Waals surface area contributed by atoms with E-state index >= 15 is 0 Å². The Morgan fingerprint density at radius 3 is 2.81 bits per heavy atom. The molecule has 1 N–H and O–H groups in total. The van der Waals surface area contributed by atoms with Gasteiger partial charge in [-0.15, -0.1) is 0 Å². The molecule has 84 valence electrons. The zero-order valence-corrected chi connectivity index (χ0v) is 9.64. The van der Waals surface area contributed by atoms with E-state index in [0.717, 1.165) is 24.2 Å². The Morgan fingerprint density at radius 2 is 2.12 bits per heavy atom. The van der Waals surface area contributed by atoms with Gasteiger partial charge >= 0.3 is 0 Å². The summed E-state index contributed by atoms with van der Waals surface area (Å²) < 4.78 is 1.92. The summed E-state index contributed by atoms with van der Waals surface area (Å²) in [4.78, 5) is 4.24. The highest BCUT2D eigenvalue weighted by Crippen LogP contribution is 2.18. The van der Waals surface area contributed by atoms with Crippen molar-refractivity contribution in [2.24, 2.45) is 0 Å². The Bertz CT molecular complexity index is 462. The van der Waals surface area contributed by atoms with Crippen molar-refractivity contribution in [2.75, 3.05) is 7.05 Å². The van der Waals surface area contributed by atoms with Crippen molar-refractivity contribution >= 4 is 0 Å². The van der Waals surface area contributed by atoms with Crippen molar-refractivity contribution in [1.29, 1.82) is 0 Å². The molecular formula is C12H16N4. The van der Waals surface area contributed by atoms with E-state index in [2.05, 4.69) is 28.4 Å². The number of hydrogen-bond donors (Lipinski definition) is 1. The topological polar surface area (TPSA) is 42.7 Å². The van der Waals surface area contributed by atoms with Crippen molar-refractivity contribution in [3.05, 3.63) is 36.4 Å². The molecule has 2 aromatic rings. The van der Waals surface area contributed by atoms with E-state index in [9.17, 15) is 0 Å². The molecule has 4 nitrogen and oxygen atoms in total. The monoisotopic (exact) mass is 216 g/mol. The SMILES string of the molecule is CCn1cc(-c2cncc(CNC)c2)cn1. The first-order valence-corrected chi connectivity index (χ1v) is 5.45. The summed E-state index contributed by atoms with van der Waals surface area (Å²) >= 11 is 0. The fourth-order valence-electron chi connectivity index (χ4n) is 1.63. The molecule has 0 aliphatic rings. The molecule has 16 heavy (non-hydrogen) atoms. The second kappa shape index (κ2) is 4.90. The highest BCUT2D eigenvalue weighted by atomic mass is 15.3. The highest BCUT2D eigenvalue weighted by Gasteiger charge is 2.02. The Hall–Kier alpha value is -1.68. The third-order valence-electron chi connectivity index (χ3n) is 2.47. The fraction of sp³-hybridized carbons (Fsp3) is 0.333. The van der Waals surface area contributed by atoms with E-state index in [1.807, 2.05) is 36.5 Å². The van der Waals surface area contributed by atoms with Crippen LogP contribution in [-0.4, -0.2) is 21.8 Å². The minimum absolute atomic E-state index is 0.836. The molecule has 0 bridgehead atoms. The van der Waals surface area contributed by atoms with Crippen molar-refractivity contribution in [3.8, 4) is 11.1 Å². The number of aromatic nitrogens is 3. The number of hydrogen-bond acceptors (Lipinski definition) is 3. The van der Waals surface area contributed by atoms with Gasteiger partial charge in [0.25, 0.3) is 0 Å². The standard InChI is InChI=1S/C12H16N4/c1-3-16-9-12(8-15-16)11-4-10(5-13-2)6-14-7-11/h4,6-9,13H,3,5H2,1-2H3. The summed E-state index contributed by atoms with van der Waals surface area (Å²) in [5.74, 6) is 0. The molecule has 0 saturated carbocycles. The van der Waals surface area contributed by atoms with Crippen LogP contribution in [0.3, 0.4) is 0 Å². The normalized spacial score (nSPS) is 10.6. The molecule has 0 fully saturated rings. The van der Waals surface area contributed by atoms with Crippen molar-refractivity contribution in [1.82, 2.24) is 20.1 Å². The summed E-state index contributed by atoms with van der Waals surface area (Å²) in [5.41, 5.74) is 3.42. The quantitative estimate of drug-likeness (QED) is 0.845. The predicted molar refractivity (Wildman–Crippen MR) is 63.9 cm³/mol. The minimum Gasteiger partial charge on any atom is -0.316 e. The average molecular weight is 216 g/mol. The van der Waals surface area contributed by atoms with Gasteiger partial charge in [0.15, 0.2) is 0 Å². The Balaban J connectivity index is 2.28. The average Bonchev–Trinajstić information content (AvgIpc) is 2.78. The smallest absolute Gasteiger partial charge is 0.0568 e. The molecule has 0 amide bonds. The highest BCUT2D eigenvalue weighted by molar-refractivity contribution is 5.61. The molecule has 0 aliphatic carbocycles. The van der Waals surface area contributed by atoms with E-state index in [1.165, 1.54) is 5.56 Å². The zero-order valence-electron chi connectivity index (χ0n) is 9.64. The minimum atomic E-state index is 0.836. The number of rotatable bonds is 4. The number of aryl methyl sites for hydroxylation is 1. The summed E-state index contributed by atoms with van der Waals surface area (Å²) in [7, 11) is 1.93. The maximum atomic E-state index is 4.26. The van der Waals surface area contributed by atoms with Gasteiger partial charge in [-0.1, -0.05) is 0 Å². The Kier molecular flexibility index (Phi) is 3.31. The Morgan fingerprint density at radius 1 is 1.25 bits per heavy atom. The van der Waals surface area contributed by atoms with E-state index in [4.69, 9.17) is 0 Å². The van der Waals surface area contributed by atoms with E-state index in [1.54, 1.807) is 0 Å². The van der Waals surface area contributed by atoms with Crippen molar-refractivity contribution in [2.45, 2.75) is 20.0 Å². The van der Waals surface area contributed by atoms with Crippen LogP contribution in [0.4, 0.5) is 0 Å². The number of nitrogens with one attached hydrogen (secondary N) is 1. The van der Waals surface area contributed by atoms with Gasteiger partial charge in [0, 0.05) is 42.8 Å². The van der Waals surface area contributed by atoms with Crippen molar-refractivity contribution in [3.63, 3.8) is 0 Å². The van der Waals surface area contributed by atoms with Crippen LogP contribution in [0, 0.1) is 0 Å². The molecule has 0 aromatic carbocycles. The van der Waals surface area contributed by atoms with E-state index < -0.39 is 0 Å². The molecule has 0 spiro atoms. The van der Waals surface area contributed by atoms with Gasteiger partial charge in [-0.2, -0.15) is 5.10 Å². The molecule has 0 aliphatic heterocycles. The lowest BCUT2D eigenvalue weighted by atomic mass is 10.1. The zero-order chi connectivity index (χ0) is 11.4. The third-order valence-corrected chi connectivity index (χ3v) is 2.47. The predicted octanol–water partition coefficient (Wildman–Crippen LogP) is 1.68. The Labute approximate surface area is 95.3 Å². The van der Waals surface area contributed by atoms with E-state index in [0.29, 0.717) is 0 Å². The van der Waals surface area contributed by atoms with E-state index in [-0.39, 0.29) is 0 Å². The lowest BCUT2D eigenvalue weighted by Crippen LogP contribution is -2.05. The molecular weight excluding hydrogens is 200 g/mol. The third kappa shape index (κ3) is 2.28. The lowest BCUT2D eigenvalue weighted by Gasteiger charge is -2.01. The van der Waals surface area contributed by atoms with Crippen LogP contribution in [-0.2, 0) is 13.1 Å². The van der Waals surface area contributed by atoms with Crippen LogP contribution >= 0.6 is 0 Å². The molecule has 0 atom stereocenters. The van der Waals surface area contributed by atoms with Crippen LogP contribution in [0.1, 0.15) is 12.5 Å². The van der Waals surface area contributed by atoms with Gasteiger partial charge in [0.05, 0.1) is 6.20 Å². The molecule has 2 heterocycles. The second-order valence-corrected chi connectivity index (χ2v) is 3.70. The maximum Gasteiger partial charge on any atom is 0.0568 e. The molecule has 2 rings (SSSR count). The molecule has 0 radical (unpaired) electrons. The maximum absolute atomic E-state index is 4.26. The van der Waals surface area contributed by atoms with Gasteiger partial charge in [0.2, 0.25) is 0 Å². The van der Waals surface area contributed by atoms with Gasteiger partial charge in [-0.3, -0.25) is 9.67 Å². The molecule has 0 unspecified atom stereocenters. The second-order valence-electron chi connectivity index (χ2n) is 3.70. The van der Waals surface area contributed by atoms with Gasteiger partial charge < -0.3 is 5.32 Å². The largest absolute Gasteiger partial charge is 0.316 e. The van der Waals surface area contributed by atoms with Crippen LogP contribution in [0.5, 0.6) is 0 Å². The fourth-order valence-corrected chi connectivity index (χ4v) is 1.63. The number of pyridine rings is 1. The summed E-state index contributed by atoms with van der Waals surface area (Å²) in [6.07, 6.45) is 7.67. The lowest BCUT2D eigenvalue weighted by molar-refractivity contribution is 0.660. The van der Waals surface area contributed by atoms with Crippen LogP contribution < -0.4 is 5.32 Å². The van der Waals surface area contributed by atoms with Gasteiger partial charge in [-0.05, 0) is 25.6 Å². The molecule has 4 heteroatoms. The van der Waals surface area contributed by atoms with Crippen LogP contribution in [0.25, 0.3) is 11.1 Å².